The van der Waals surface area contributed by atoms with E-state index in [1.165, 1.54) is 6.42 Å². The summed E-state index contributed by atoms with van der Waals surface area (Å²) in [6.07, 6.45) is 2.32. The molecule has 0 N–H and O–H groups in total. The van der Waals surface area contributed by atoms with Gasteiger partial charge in [-0.1, -0.05) is 13.3 Å². The Morgan fingerprint density at radius 1 is 1.70 bits per heavy atom. The van der Waals surface area contributed by atoms with Gasteiger partial charge in [-0.2, -0.15) is 0 Å². The summed E-state index contributed by atoms with van der Waals surface area (Å²) in [6.45, 7) is 4.11. The van der Waals surface area contributed by atoms with Gasteiger partial charge in [-0.05, 0) is 6.42 Å². The highest BCUT2D eigenvalue weighted by Gasteiger charge is 2.18. The van der Waals surface area contributed by atoms with Crippen LogP contribution < -0.4 is 0 Å². The Balaban J connectivity index is 2.12. The maximum atomic E-state index is 10.6. The van der Waals surface area contributed by atoms with Crippen molar-refractivity contribution in [2.75, 3.05) is 19.8 Å². The minimum Gasteiger partial charge on any atom is -0.449 e. The van der Waals surface area contributed by atoms with Gasteiger partial charge in [-0.3, -0.25) is 9.69 Å². The number of nitrogens with zero attached hydrogens (tertiary/aromatic N) is 1. The molecule has 0 aliphatic carbocycles. The first-order valence-electron chi connectivity index (χ1n) is 3.71. The summed E-state index contributed by atoms with van der Waals surface area (Å²) in [4.78, 5) is 12.6. The van der Waals surface area contributed by atoms with Crippen molar-refractivity contribution in [1.29, 1.82) is 0 Å². The molecule has 1 aliphatic rings. The molecule has 1 heterocycles. The third-order valence-electron chi connectivity index (χ3n) is 1.59. The lowest BCUT2D eigenvalue weighted by Crippen LogP contribution is -2.21. The van der Waals surface area contributed by atoms with Gasteiger partial charge in [-0.25, -0.2) is 0 Å². The summed E-state index contributed by atoms with van der Waals surface area (Å²) in [5.74, 6) is -0.0869. The van der Waals surface area contributed by atoms with E-state index in [0.717, 1.165) is 13.0 Å². The summed E-state index contributed by atoms with van der Waals surface area (Å²) in [7, 11) is 0. The second kappa shape index (κ2) is 3.56. The molecule has 3 nitrogen and oxygen atoms in total. The number of ether oxygens (including phenoxy) is 1. The third kappa shape index (κ3) is 1.99. The van der Waals surface area contributed by atoms with Crippen molar-refractivity contribution < 1.29 is 9.53 Å². The highest BCUT2D eigenvalue weighted by atomic mass is 16.6. The fourth-order valence-corrected chi connectivity index (χ4v) is 0.962. The van der Waals surface area contributed by atoms with Crippen LogP contribution in [0.3, 0.4) is 0 Å². The fourth-order valence-electron chi connectivity index (χ4n) is 0.962. The topological polar surface area (TPSA) is 29.5 Å². The predicted octanol–water partition coefficient (Wildman–Crippen LogP) is 0.603. The van der Waals surface area contributed by atoms with Crippen LogP contribution in [0.25, 0.3) is 0 Å². The van der Waals surface area contributed by atoms with Crippen LogP contribution in [0.5, 0.6) is 0 Å². The maximum absolute atomic E-state index is 10.6. The fraction of sp³-hybridized carbons (Fsp3) is 0.857. The van der Waals surface area contributed by atoms with Gasteiger partial charge in [0, 0.05) is 6.54 Å². The Morgan fingerprint density at radius 2 is 2.50 bits per heavy atom. The average Bonchev–Trinajstić information content (AvgIpc) is 2.31. The number of cyclic esters (lactones) is 1. The minimum absolute atomic E-state index is 0.0869. The Hall–Kier alpha value is -0.570. The van der Waals surface area contributed by atoms with E-state index >= 15 is 0 Å². The average molecular weight is 143 g/mol. The number of rotatable bonds is 3. The van der Waals surface area contributed by atoms with Gasteiger partial charge in [0.25, 0.3) is 0 Å². The van der Waals surface area contributed by atoms with E-state index in [1.807, 2.05) is 4.90 Å². The summed E-state index contributed by atoms with van der Waals surface area (Å²) >= 11 is 0. The smallest absolute Gasteiger partial charge is 0.321 e. The van der Waals surface area contributed by atoms with Crippen molar-refractivity contribution in [3.63, 3.8) is 0 Å². The predicted molar refractivity (Wildman–Crippen MR) is 37.4 cm³/mol. The zero-order chi connectivity index (χ0) is 7.40. The second-order valence-corrected chi connectivity index (χ2v) is 2.55. The van der Waals surface area contributed by atoms with Gasteiger partial charge in [0.15, 0.2) is 0 Å². The number of carbonyl (C=O) groups excluding carboxylic acids is 1. The number of hydrogen-bond donors (Lipinski definition) is 0. The maximum Gasteiger partial charge on any atom is 0.321 e. The van der Waals surface area contributed by atoms with Gasteiger partial charge < -0.3 is 4.74 Å². The van der Waals surface area contributed by atoms with Crippen LogP contribution in [0, 0.1) is 0 Å². The molecule has 0 aromatic carbocycles. The van der Waals surface area contributed by atoms with Gasteiger partial charge in [-0.15, -0.1) is 0 Å². The van der Waals surface area contributed by atoms with Crippen LogP contribution in [-0.4, -0.2) is 30.7 Å². The highest BCUT2D eigenvalue weighted by molar-refractivity contribution is 5.73. The lowest BCUT2D eigenvalue weighted by atomic mass is 10.3. The molecule has 10 heavy (non-hydrogen) atoms. The van der Waals surface area contributed by atoms with Crippen molar-refractivity contribution >= 4 is 5.97 Å². The van der Waals surface area contributed by atoms with Crippen molar-refractivity contribution in [1.82, 2.24) is 4.90 Å². The molecule has 0 bridgehead atoms. The SMILES string of the molecule is CCCCN1COC(=O)C1. The molecule has 1 saturated heterocycles. The zero-order valence-corrected chi connectivity index (χ0v) is 6.30. The Kier molecular flexibility index (Phi) is 2.68. The van der Waals surface area contributed by atoms with E-state index in [9.17, 15) is 4.79 Å². The minimum atomic E-state index is -0.0869. The number of unbranched alkanes of at least 4 members (excludes halogenated alkanes) is 1. The molecule has 0 saturated carbocycles. The van der Waals surface area contributed by atoms with Gasteiger partial charge in [0.05, 0.1) is 6.54 Å². The van der Waals surface area contributed by atoms with Crippen LogP contribution in [0.4, 0.5) is 0 Å². The molecule has 58 valence electrons. The van der Waals surface area contributed by atoms with E-state index in [1.54, 1.807) is 0 Å². The van der Waals surface area contributed by atoms with Crippen LogP contribution >= 0.6 is 0 Å². The van der Waals surface area contributed by atoms with Crippen molar-refractivity contribution in [3.8, 4) is 0 Å². The Bertz CT molecular complexity index is 125. The van der Waals surface area contributed by atoms with Gasteiger partial charge >= 0.3 is 5.97 Å². The van der Waals surface area contributed by atoms with E-state index in [-0.39, 0.29) is 5.97 Å². The molecule has 0 aromatic rings. The lowest BCUT2D eigenvalue weighted by Gasteiger charge is -2.08. The Morgan fingerprint density at radius 3 is 3.00 bits per heavy atom. The molecule has 1 rings (SSSR count). The van der Waals surface area contributed by atoms with E-state index in [4.69, 9.17) is 4.74 Å². The summed E-state index contributed by atoms with van der Waals surface area (Å²) < 4.78 is 4.75. The van der Waals surface area contributed by atoms with Crippen LogP contribution in [0.2, 0.25) is 0 Å². The Labute approximate surface area is 61.0 Å². The van der Waals surface area contributed by atoms with Crippen LogP contribution in [-0.2, 0) is 9.53 Å². The first-order valence-corrected chi connectivity index (χ1v) is 3.71. The molecule has 1 aliphatic heterocycles. The summed E-state index contributed by atoms with van der Waals surface area (Å²) in [6, 6.07) is 0. The lowest BCUT2D eigenvalue weighted by molar-refractivity contribution is -0.136. The summed E-state index contributed by atoms with van der Waals surface area (Å²) in [5.41, 5.74) is 0. The molecule has 0 aromatic heterocycles. The molecule has 0 amide bonds. The van der Waals surface area contributed by atoms with Crippen LogP contribution in [0.1, 0.15) is 19.8 Å². The molecule has 0 radical (unpaired) electrons. The zero-order valence-electron chi connectivity index (χ0n) is 6.30. The standard InChI is InChI=1S/C7H13NO2/c1-2-3-4-8-5-7(9)10-6-8/h2-6H2,1H3. The quantitative estimate of drug-likeness (QED) is 0.542. The largest absolute Gasteiger partial charge is 0.449 e. The van der Waals surface area contributed by atoms with Gasteiger partial charge in [0.2, 0.25) is 0 Å². The highest BCUT2D eigenvalue weighted by Crippen LogP contribution is 2.02. The second-order valence-electron chi connectivity index (χ2n) is 2.55. The first kappa shape index (κ1) is 7.54. The monoisotopic (exact) mass is 143 g/mol. The first-order chi connectivity index (χ1) is 4.83. The third-order valence-corrected chi connectivity index (χ3v) is 1.59. The van der Waals surface area contributed by atoms with Crippen molar-refractivity contribution in [2.45, 2.75) is 19.8 Å². The molecule has 0 unspecified atom stereocenters. The van der Waals surface area contributed by atoms with Gasteiger partial charge in [0.1, 0.15) is 6.73 Å². The van der Waals surface area contributed by atoms with Crippen molar-refractivity contribution in [3.05, 3.63) is 0 Å². The number of carbonyl (C=O) groups is 1. The van der Waals surface area contributed by atoms with E-state index < -0.39 is 0 Å². The van der Waals surface area contributed by atoms with E-state index in [2.05, 4.69) is 6.92 Å². The molecule has 1 fully saturated rings. The van der Waals surface area contributed by atoms with E-state index in [0.29, 0.717) is 13.3 Å². The summed E-state index contributed by atoms with van der Waals surface area (Å²) in [5, 5.41) is 0. The van der Waals surface area contributed by atoms with Crippen LogP contribution in [0.15, 0.2) is 0 Å². The number of hydrogen-bond acceptors (Lipinski definition) is 3. The molecular weight excluding hydrogens is 130 g/mol. The molecule has 3 heteroatoms. The number of esters is 1. The molecular formula is C7H13NO2. The normalized spacial score (nSPS) is 19.5. The van der Waals surface area contributed by atoms with Crippen molar-refractivity contribution in [2.24, 2.45) is 0 Å². The molecule has 0 spiro atoms. The molecule has 0 atom stereocenters.